The molecule has 3 N–H and O–H groups in total. The third-order valence-corrected chi connectivity index (χ3v) is 2.47. The Morgan fingerprint density at radius 3 is 2.14 bits per heavy atom. The quantitative estimate of drug-likeness (QED) is 0.628. The third-order valence-electron chi connectivity index (χ3n) is 1.79. The number of nitrogens with one attached hydrogen (secondary N) is 1. The molecule has 14 heavy (non-hydrogen) atoms. The highest BCUT2D eigenvalue weighted by molar-refractivity contribution is 7.87. The van der Waals surface area contributed by atoms with Crippen molar-refractivity contribution in [2.24, 2.45) is 5.14 Å². The zero-order valence-corrected chi connectivity index (χ0v) is 9.47. The molecule has 1 amide bonds. The van der Waals surface area contributed by atoms with Crippen LogP contribution in [-0.4, -0.2) is 38.4 Å². The summed E-state index contributed by atoms with van der Waals surface area (Å²) < 4.78 is 23.3. The van der Waals surface area contributed by atoms with Gasteiger partial charge in [0.15, 0.2) is 0 Å². The Kier molecular flexibility index (Phi) is 5.03. The lowest BCUT2D eigenvalue weighted by atomic mass is 10.3. The molecule has 0 spiro atoms. The molecule has 0 aromatic heterocycles. The van der Waals surface area contributed by atoms with Crippen LogP contribution in [0.2, 0.25) is 0 Å². The number of nitrogens with two attached hydrogens (primary N) is 1. The molecule has 0 rings (SSSR count). The second-order valence-electron chi connectivity index (χ2n) is 2.90. The molecule has 0 saturated carbocycles. The molecule has 0 saturated heterocycles. The average molecular weight is 223 g/mol. The Bertz CT molecular complexity index is 285. The lowest BCUT2D eigenvalue weighted by Crippen LogP contribution is -2.48. The van der Waals surface area contributed by atoms with Crippen LogP contribution in [0.15, 0.2) is 0 Å². The molecule has 1 unspecified atom stereocenters. The zero-order chi connectivity index (χ0) is 11.4. The van der Waals surface area contributed by atoms with Gasteiger partial charge in [-0.15, -0.1) is 0 Å². The summed E-state index contributed by atoms with van der Waals surface area (Å²) in [7, 11) is -3.82. The van der Waals surface area contributed by atoms with Gasteiger partial charge in [-0.2, -0.15) is 13.1 Å². The van der Waals surface area contributed by atoms with Crippen LogP contribution in [0, 0.1) is 0 Å². The predicted octanol–water partition coefficient (Wildman–Crippen LogP) is -0.964. The number of amides is 1. The molecule has 0 radical (unpaired) electrons. The summed E-state index contributed by atoms with van der Waals surface area (Å²) in [5, 5.41) is 4.75. The molecule has 0 aliphatic heterocycles. The molecule has 1 atom stereocenters. The van der Waals surface area contributed by atoms with E-state index in [2.05, 4.69) is 0 Å². The SMILES string of the molecule is CCN(CC)C(=O)C(C)NS(N)(=O)=O. The van der Waals surface area contributed by atoms with Gasteiger partial charge < -0.3 is 4.90 Å². The summed E-state index contributed by atoms with van der Waals surface area (Å²) in [4.78, 5) is 13.1. The highest BCUT2D eigenvalue weighted by Crippen LogP contribution is 1.95. The molecule has 7 heteroatoms. The lowest BCUT2D eigenvalue weighted by Gasteiger charge is -2.22. The first-order chi connectivity index (χ1) is 6.31. The molecule has 0 bridgehead atoms. The highest BCUT2D eigenvalue weighted by Gasteiger charge is 2.20. The highest BCUT2D eigenvalue weighted by atomic mass is 32.2. The zero-order valence-electron chi connectivity index (χ0n) is 8.65. The van der Waals surface area contributed by atoms with E-state index in [1.807, 2.05) is 18.6 Å². The first-order valence-corrected chi connectivity index (χ1v) is 5.95. The van der Waals surface area contributed by atoms with Crippen molar-refractivity contribution in [3.05, 3.63) is 0 Å². The second-order valence-corrected chi connectivity index (χ2v) is 4.22. The van der Waals surface area contributed by atoms with Crippen LogP contribution in [0.1, 0.15) is 20.8 Å². The molecular formula is C7H17N3O3S. The molecule has 0 aliphatic carbocycles. The summed E-state index contributed by atoms with van der Waals surface area (Å²) in [6, 6.07) is -0.815. The number of hydrogen-bond donors (Lipinski definition) is 2. The molecule has 84 valence electrons. The van der Waals surface area contributed by atoms with Gasteiger partial charge in [-0.05, 0) is 20.8 Å². The van der Waals surface area contributed by atoms with Gasteiger partial charge in [0, 0.05) is 13.1 Å². The normalized spacial score (nSPS) is 13.7. The topological polar surface area (TPSA) is 92.5 Å². The first-order valence-electron chi connectivity index (χ1n) is 4.40. The first kappa shape index (κ1) is 13.3. The molecule has 0 heterocycles. The van der Waals surface area contributed by atoms with E-state index in [9.17, 15) is 13.2 Å². The van der Waals surface area contributed by atoms with E-state index in [0.29, 0.717) is 13.1 Å². The van der Waals surface area contributed by atoms with Gasteiger partial charge in [-0.3, -0.25) is 4.79 Å². The number of likely N-dealkylation sites (N-methyl/N-ethyl adjacent to an activating group) is 1. The molecule has 0 fully saturated rings. The van der Waals surface area contributed by atoms with Gasteiger partial charge in [0.2, 0.25) is 5.91 Å². The van der Waals surface area contributed by atoms with Crippen LogP contribution in [0.3, 0.4) is 0 Å². The van der Waals surface area contributed by atoms with E-state index in [0.717, 1.165) is 0 Å². The van der Waals surface area contributed by atoms with E-state index in [4.69, 9.17) is 5.14 Å². The fourth-order valence-corrected chi connectivity index (χ4v) is 1.70. The van der Waals surface area contributed by atoms with Crippen LogP contribution < -0.4 is 9.86 Å². The Morgan fingerprint density at radius 2 is 1.86 bits per heavy atom. The Hall–Kier alpha value is -0.660. The summed E-state index contributed by atoms with van der Waals surface area (Å²) in [6.45, 7) is 6.21. The maximum atomic E-state index is 11.5. The van der Waals surface area contributed by atoms with E-state index in [1.54, 1.807) is 0 Å². The molecule has 6 nitrogen and oxygen atoms in total. The van der Waals surface area contributed by atoms with Gasteiger partial charge in [0.1, 0.15) is 0 Å². The number of carbonyl (C=O) groups is 1. The van der Waals surface area contributed by atoms with Gasteiger partial charge in [-0.25, -0.2) is 5.14 Å². The minimum absolute atomic E-state index is 0.274. The van der Waals surface area contributed by atoms with Crippen molar-refractivity contribution in [1.29, 1.82) is 0 Å². The minimum Gasteiger partial charge on any atom is -0.342 e. The van der Waals surface area contributed by atoms with Crippen molar-refractivity contribution < 1.29 is 13.2 Å². The summed E-state index contributed by atoms with van der Waals surface area (Å²) in [5.74, 6) is -0.274. The number of nitrogens with zero attached hydrogens (tertiary/aromatic N) is 1. The van der Waals surface area contributed by atoms with Crippen molar-refractivity contribution in [2.45, 2.75) is 26.8 Å². The lowest BCUT2D eigenvalue weighted by molar-refractivity contribution is -0.132. The van der Waals surface area contributed by atoms with E-state index < -0.39 is 16.3 Å². The molecular weight excluding hydrogens is 206 g/mol. The van der Waals surface area contributed by atoms with Crippen molar-refractivity contribution in [1.82, 2.24) is 9.62 Å². The Balaban J connectivity index is 4.39. The van der Waals surface area contributed by atoms with Crippen molar-refractivity contribution >= 4 is 16.1 Å². The van der Waals surface area contributed by atoms with Crippen molar-refractivity contribution in [3.63, 3.8) is 0 Å². The average Bonchev–Trinajstić information content (AvgIpc) is 2.03. The van der Waals surface area contributed by atoms with Gasteiger partial charge in [0.05, 0.1) is 6.04 Å². The van der Waals surface area contributed by atoms with Crippen LogP contribution in [0.25, 0.3) is 0 Å². The van der Waals surface area contributed by atoms with Crippen LogP contribution in [0.4, 0.5) is 0 Å². The smallest absolute Gasteiger partial charge is 0.275 e. The summed E-state index contributed by atoms with van der Waals surface area (Å²) in [6.07, 6.45) is 0. The van der Waals surface area contributed by atoms with Crippen LogP contribution in [-0.2, 0) is 15.0 Å². The number of hydrogen-bond acceptors (Lipinski definition) is 3. The fraction of sp³-hybridized carbons (Fsp3) is 0.857. The maximum absolute atomic E-state index is 11.5. The van der Waals surface area contributed by atoms with E-state index >= 15 is 0 Å². The Morgan fingerprint density at radius 1 is 1.43 bits per heavy atom. The second kappa shape index (κ2) is 5.28. The molecule has 0 aromatic rings. The standard InChI is InChI=1S/C7H17N3O3S/c1-4-10(5-2)7(11)6(3)9-14(8,12)13/h6,9H,4-5H2,1-3H3,(H2,8,12,13). The molecule has 0 aliphatic rings. The fourth-order valence-electron chi connectivity index (χ4n) is 1.11. The van der Waals surface area contributed by atoms with Crippen molar-refractivity contribution in [3.8, 4) is 0 Å². The van der Waals surface area contributed by atoms with Gasteiger partial charge in [-0.1, -0.05) is 0 Å². The van der Waals surface area contributed by atoms with Gasteiger partial charge in [0.25, 0.3) is 10.2 Å². The van der Waals surface area contributed by atoms with E-state index in [1.165, 1.54) is 11.8 Å². The maximum Gasteiger partial charge on any atom is 0.275 e. The molecule has 0 aromatic carbocycles. The third kappa shape index (κ3) is 4.54. The van der Waals surface area contributed by atoms with Crippen molar-refractivity contribution in [2.75, 3.05) is 13.1 Å². The number of carbonyl (C=O) groups excluding carboxylic acids is 1. The minimum atomic E-state index is -3.82. The summed E-state index contributed by atoms with van der Waals surface area (Å²) >= 11 is 0. The Labute approximate surface area is 84.6 Å². The van der Waals surface area contributed by atoms with E-state index in [-0.39, 0.29) is 5.91 Å². The van der Waals surface area contributed by atoms with Crippen LogP contribution in [0.5, 0.6) is 0 Å². The predicted molar refractivity (Wildman–Crippen MR) is 53.6 cm³/mol. The monoisotopic (exact) mass is 223 g/mol. The summed E-state index contributed by atoms with van der Waals surface area (Å²) in [5.41, 5.74) is 0. The van der Waals surface area contributed by atoms with Crippen LogP contribution >= 0.6 is 0 Å². The number of rotatable bonds is 5. The largest absolute Gasteiger partial charge is 0.342 e. The van der Waals surface area contributed by atoms with Gasteiger partial charge >= 0.3 is 0 Å².